The number of pyridine rings is 1. The van der Waals surface area contributed by atoms with Crippen LogP contribution >= 0.6 is 0 Å². The van der Waals surface area contributed by atoms with Crippen LogP contribution in [0.2, 0.25) is 0 Å². The molecule has 0 saturated carbocycles. The van der Waals surface area contributed by atoms with Gasteiger partial charge >= 0.3 is 0 Å². The lowest BCUT2D eigenvalue weighted by Gasteiger charge is -2.17. The molecule has 4 nitrogen and oxygen atoms in total. The quantitative estimate of drug-likeness (QED) is 0.868. The summed E-state index contributed by atoms with van der Waals surface area (Å²) < 4.78 is 19.0. The Morgan fingerprint density at radius 3 is 2.72 bits per heavy atom. The maximum absolute atomic E-state index is 13.9. The van der Waals surface area contributed by atoms with Gasteiger partial charge in [0.2, 0.25) is 0 Å². The molecule has 94 valence electrons. The second-order valence-electron chi connectivity index (χ2n) is 3.81. The van der Waals surface area contributed by atoms with Gasteiger partial charge in [-0.2, -0.15) is 0 Å². The zero-order valence-electron chi connectivity index (χ0n) is 9.93. The molecule has 18 heavy (non-hydrogen) atoms. The SMILES string of the molecule is COc1cccc(F)c1C(N)c1cccnc1N. The third kappa shape index (κ3) is 2.12. The van der Waals surface area contributed by atoms with Crippen molar-refractivity contribution in [1.82, 2.24) is 4.98 Å². The Hall–Kier alpha value is -2.14. The zero-order chi connectivity index (χ0) is 13.1. The second-order valence-corrected chi connectivity index (χ2v) is 3.81. The van der Waals surface area contributed by atoms with Gasteiger partial charge in [0.1, 0.15) is 17.4 Å². The van der Waals surface area contributed by atoms with E-state index in [1.54, 1.807) is 30.5 Å². The summed E-state index contributed by atoms with van der Waals surface area (Å²) in [7, 11) is 1.47. The van der Waals surface area contributed by atoms with Gasteiger partial charge in [-0.05, 0) is 18.2 Å². The van der Waals surface area contributed by atoms with Crippen LogP contribution in [0.3, 0.4) is 0 Å². The highest BCUT2D eigenvalue weighted by Gasteiger charge is 2.20. The average Bonchev–Trinajstić information content (AvgIpc) is 2.38. The molecule has 0 amide bonds. The first-order valence-corrected chi connectivity index (χ1v) is 5.43. The topological polar surface area (TPSA) is 74.2 Å². The summed E-state index contributed by atoms with van der Waals surface area (Å²) in [5.41, 5.74) is 12.6. The molecule has 1 heterocycles. The van der Waals surface area contributed by atoms with Crippen molar-refractivity contribution in [2.75, 3.05) is 12.8 Å². The molecular weight excluding hydrogens is 233 g/mol. The van der Waals surface area contributed by atoms with Gasteiger partial charge in [-0.15, -0.1) is 0 Å². The number of hydrogen-bond donors (Lipinski definition) is 2. The molecule has 4 N–H and O–H groups in total. The summed E-state index contributed by atoms with van der Waals surface area (Å²) in [5.74, 6) is 0.256. The fourth-order valence-corrected chi connectivity index (χ4v) is 1.85. The van der Waals surface area contributed by atoms with Gasteiger partial charge in [0, 0.05) is 11.8 Å². The molecule has 0 fully saturated rings. The molecule has 0 bridgehead atoms. The zero-order valence-corrected chi connectivity index (χ0v) is 9.93. The van der Waals surface area contributed by atoms with Crippen LogP contribution in [-0.4, -0.2) is 12.1 Å². The van der Waals surface area contributed by atoms with Crippen molar-refractivity contribution in [1.29, 1.82) is 0 Å². The second kappa shape index (κ2) is 5.01. The minimum Gasteiger partial charge on any atom is -0.496 e. The number of halogens is 1. The Morgan fingerprint density at radius 1 is 1.28 bits per heavy atom. The van der Waals surface area contributed by atoms with E-state index >= 15 is 0 Å². The number of nitrogen functional groups attached to an aromatic ring is 1. The van der Waals surface area contributed by atoms with Crippen LogP contribution in [0, 0.1) is 5.82 Å². The molecule has 1 unspecified atom stereocenters. The molecule has 2 aromatic rings. The Balaban J connectivity index is 2.52. The van der Waals surface area contributed by atoms with Crippen LogP contribution in [0.1, 0.15) is 17.2 Å². The summed E-state index contributed by atoms with van der Waals surface area (Å²) in [6, 6.07) is 7.28. The van der Waals surface area contributed by atoms with Gasteiger partial charge in [0.25, 0.3) is 0 Å². The van der Waals surface area contributed by atoms with E-state index in [0.717, 1.165) is 0 Å². The maximum atomic E-state index is 13.9. The Labute approximate surface area is 104 Å². The predicted octanol–water partition coefficient (Wildman–Crippen LogP) is 1.86. The van der Waals surface area contributed by atoms with Gasteiger partial charge in [0.05, 0.1) is 18.7 Å². The van der Waals surface area contributed by atoms with Crippen molar-refractivity contribution < 1.29 is 9.13 Å². The van der Waals surface area contributed by atoms with Crippen molar-refractivity contribution >= 4 is 5.82 Å². The number of anilines is 1. The molecule has 0 aliphatic heterocycles. The first-order chi connectivity index (χ1) is 8.65. The fourth-order valence-electron chi connectivity index (χ4n) is 1.85. The lowest BCUT2D eigenvalue weighted by atomic mass is 9.98. The van der Waals surface area contributed by atoms with Crippen molar-refractivity contribution in [2.45, 2.75) is 6.04 Å². The average molecular weight is 247 g/mol. The van der Waals surface area contributed by atoms with Gasteiger partial charge in [-0.25, -0.2) is 9.37 Å². The van der Waals surface area contributed by atoms with Crippen LogP contribution in [0.15, 0.2) is 36.5 Å². The highest BCUT2D eigenvalue weighted by atomic mass is 19.1. The molecule has 1 aromatic carbocycles. The summed E-state index contributed by atoms with van der Waals surface area (Å²) in [6.07, 6.45) is 1.56. The van der Waals surface area contributed by atoms with E-state index in [2.05, 4.69) is 4.98 Å². The lowest BCUT2D eigenvalue weighted by Crippen LogP contribution is -2.17. The summed E-state index contributed by atoms with van der Waals surface area (Å²) in [5, 5.41) is 0. The third-order valence-corrected chi connectivity index (χ3v) is 2.75. The first kappa shape index (κ1) is 12.3. The monoisotopic (exact) mass is 247 g/mol. The predicted molar refractivity (Wildman–Crippen MR) is 67.6 cm³/mol. The van der Waals surface area contributed by atoms with Crippen LogP contribution < -0.4 is 16.2 Å². The highest BCUT2D eigenvalue weighted by Crippen LogP contribution is 2.32. The molecule has 0 spiro atoms. The molecule has 0 aliphatic rings. The minimum absolute atomic E-state index is 0.278. The van der Waals surface area contributed by atoms with E-state index in [0.29, 0.717) is 11.3 Å². The summed E-state index contributed by atoms with van der Waals surface area (Å²) in [6.45, 7) is 0. The van der Waals surface area contributed by atoms with Crippen LogP contribution in [0.4, 0.5) is 10.2 Å². The van der Waals surface area contributed by atoms with E-state index in [1.165, 1.54) is 13.2 Å². The van der Waals surface area contributed by atoms with Gasteiger partial charge in [-0.1, -0.05) is 12.1 Å². The molecule has 1 aromatic heterocycles. The number of aromatic nitrogens is 1. The molecular formula is C13H14FN3O. The van der Waals surface area contributed by atoms with E-state index in [9.17, 15) is 4.39 Å². The summed E-state index contributed by atoms with van der Waals surface area (Å²) >= 11 is 0. The molecule has 1 atom stereocenters. The van der Waals surface area contributed by atoms with Crippen molar-refractivity contribution in [3.63, 3.8) is 0 Å². The number of methoxy groups -OCH3 is 1. The fraction of sp³-hybridized carbons (Fsp3) is 0.154. The molecule has 5 heteroatoms. The highest BCUT2D eigenvalue weighted by molar-refractivity contribution is 5.49. The Morgan fingerprint density at radius 2 is 2.06 bits per heavy atom. The number of nitrogens with zero attached hydrogens (tertiary/aromatic N) is 1. The molecule has 0 radical (unpaired) electrons. The van der Waals surface area contributed by atoms with Crippen molar-refractivity contribution in [3.8, 4) is 5.75 Å². The largest absolute Gasteiger partial charge is 0.496 e. The van der Waals surface area contributed by atoms with Gasteiger partial charge in [-0.3, -0.25) is 0 Å². The smallest absolute Gasteiger partial charge is 0.132 e. The van der Waals surface area contributed by atoms with E-state index in [1.807, 2.05) is 0 Å². The third-order valence-electron chi connectivity index (χ3n) is 2.75. The maximum Gasteiger partial charge on any atom is 0.132 e. The van der Waals surface area contributed by atoms with E-state index in [-0.39, 0.29) is 11.4 Å². The van der Waals surface area contributed by atoms with Gasteiger partial charge < -0.3 is 16.2 Å². The molecule has 2 rings (SSSR count). The minimum atomic E-state index is -0.713. The van der Waals surface area contributed by atoms with Crippen molar-refractivity contribution in [2.24, 2.45) is 5.73 Å². The normalized spacial score (nSPS) is 12.2. The molecule has 0 saturated heterocycles. The van der Waals surface area contributed by atoms with Crippen LogP contribution in [0.5, 0.6) is 5.75 Å². The van der Waals surface area contributed by atoms with Gasteiger partial charge in [0.15, 0.2) is 0 Å². The number of ether oxygens (including phenoxy) is 1. The first-order valence-electron chi connectivity index (χ1n) is 5.43. The van der Waals surface area contributed by atoms with Crippen LogP contribution in [-0.2, 0) is 0 Å². The van der Waals surface area contributed by atoms with Crippen LogP contribution in [0.25, 0.3) is 0 Å². The number of nitrogens with two attached hydrogens (primary N) is 2. The van der Waals surface area contributed by atoms with E-state index in [4.69, 9.17) is 16.2 Å². The Kier molecular flexibility index (Phi) is 3.43. The number of hydrogen-bond acceptors (Lipinski definition) is 4. The summed E-state index contributed by atoms with van der Waals surface area (Å²) in [4.78, 5) is 3.95. The lowest BCUT2D eigenvalue weighted by molar-refractivity contribution is 0.402. The number of benzene rings is 1. The standard InChI is InChI=1S/C13H14FN3O/c1-18-10-6-2-5-9(14)11(10)12(15)8-4-3-7-17-13(8)16/h2-7,12H,15H2,1H3,(H2,16,17). The van der Waals surface area contributed by atoms with E-state index < -0.39 is 11.9 Å². The van der Waals surface area contributed by atoms with Crippen molar-refractivity contribution in [3.05, 3.63) is 53.5 Å². The Bertz CT molecular complexity index is 560. The number of rotatable bonds is 3. The molecule has 0 aliphatic carbocycles.